The maximum Gasteiger partial charge on any atom is 0.225 e. The third-order valence-electron chi connectivity index (χ3n) is 6.00. The molecule has 2 fully saturated rings. The van der Waals surface area contributed by atoms with Gasteiger partial charge in [0.15, 0.2) is 0 Å². The van der Waals surface area contributed by atoms with Crippen molar-refractivity contribution in [1.82, 2.24) is 20.1 Å². The number of alkyl halides is 1. The Balaban J connectivity index is 1.46. The van der Waals surface area contributed by atoms with Crippen LogP contribution in [0.25, 0.3) is 11.3 Å². The van der Waals surface area contributed by atoms with Gasteiger partial charge in [0, 0.05) is 42.5 Å². The van der Waals surface area contributed by atoms with Crippen LogP contribution in [0.15, 0.2) is 30.6 Å². The number of aryl methyl sites for hydroxylation is 1. The van der Waals surface area contributed by atoms with Crippen LogP contribution in [0.4, 0.5) is 5.82 Å². The summed E-state index contributed by atoms with van der Waals surface area (Å²) in [6.45, 7) is 2.06. The monoisotopic (exact) mass is 387 g/mol. The zero-order valence-corrected chi connectivity index (χ0v) is 16.5. The molecular formula is C20H26ClN5O. The lowest BCUT2D eigenvalue weighted by Gasteiger charge is -2.42. The number of amides is 1. The molecule has 2 aromatic heterocycles. The minimum Gasteiger partial charge on any atom is -0.367 e. The van der Waals surface area contributed by atoms with E-state index in [-0.39, 0.29) is 23.2 Å². The molecule has 1 saturated heterocycles. The zero-order chi connectivity index (χ0) is 19.0. The molecule has 3 heterocycles. The van der Waals surface area contributed by atoms with E-state index in [1.807, 2.05) is 29.9 Å². The molecule has 1 saturated carbocycles. The van der Waals surface area contributed by atoms with Crippen LogP contribution in [0.5, 0.6) is 0 Å². The van der Waals surface area contributed by atoms with E-state index in [4.69, 9.17) is 11.6 Å². The maximum atomic E-state index is 12.6. The zero-order valence-electron chi connectivity index (χ0n) is 15.7. The van der Waals surface area contributed by atoms with E-state index in [0.29, 0.717) is 12.0 Å². The highest BCUT2D eigenvalue weighted by Gasteiger charge is 2.40. The summed E-state index contributed by atoms with van der Waals surface area (Å²) in [6, 6.07) is 6.24. The molecule has 0 radical (unpaired) electrons. The minimum absolute atomic E-state index is 0.00376. The van der Waals surface area contributed by atoms with Gasteiger partial charge in [-0.2, -0.15) is 5.10 Å². The predicted molar refractivity (Wildman–Crippen MR) is 107 cm³/mol. The van der Waals surface area contributed by atoms with Crippen LogP contribution in [0.3, 0.4) is 0 Å². The number of fused-ring (bicyclic) bond motifs is 1. The fourth-order valence-electron chi connectivity index (χ4n) is 4.47. The molecule has 4 rings (SSSR count). The second-order valence-corrected chi connectivity index (χ2v) is 8.45. The number of carbonyl (C=O) groups is 1. The van der Waals surface area contributed by atoms with E-state index in [0.717, 1.165) is 42.8 Å². The molecule has 0 bridgehead atoms. The Kier molecular flexibility index (Phi) is 5.08. The van der Waals surface area contributed by atoms with Crippen LogP contribution in [-0.2, 0) is 11.8 Å². The maximum absolute atomic E-state index is 12.6. The highest BCUT2D eigenvalue weighted by molar-refractivity contribution is 6.20. The first-order valence-corrected chi connectivity index (χ1v) is 10.1. The Morgan fingerprint density at radius 1 is 1.30 bits per heavy atom. The quantitative estimate of drug-likeness (QED) is 0.790. The number of aromatic nitrogens is 3. The van der Waals surface area contributed by atoms with Crippen molar-refractivity contribution < 1.29 is 4.79 Å². The predicted octanol–water partition coefficient (Wildman–Crippen LogP) is 3.19. The molecule has 1 aliphatic heterocycles. The lowest BCUT2D eigenvalue weighted by molar-refractivity contribution is -0.130. The molecule has 144 valence electrons. The van der Waals surface area contributed by atoms with E-state index in [2.05, 4.69) is 27.6 Å². The van der Waals surface area contributed by atoms with Gasteiger partial charge < -0.3 is 10.6 Å². The summed E-state index contributed by atoms with van der Waals surface area (Å²) in [7, 11) is 1.92. The van der Waals surface area contributed by atoms with Gasteiger partial charge >= 0.3 is 0 Å². The number of hydrogen-bond acceptors (Lipinski definition) is 4. The smallest absolute Gasteiger partial charge is 0.225 e. The number of pyridine rings is 1. The lowest BCUT2D eigenvalue weighted by Crippen LogP contribution is -2.55. The summed E-state index contributed by atoms with van der Waals surface area (Å²) in [4.78, 5) is 17.1. The number of nitrogens with zero attached hydrogens (tertiary/aromatic N) is 3. The first kappa shape index (κ1) is 18.3. The third-order valence-corrected chi connectivity index (χ3v) is 6.39. The molecule has 27 heavy (non-hydrogen) atoms. The van der Waals surface area contributed by atoms with Gasteiger partial charge in [-0.15, -0.1) is 11.6 Å². The van der Waals surface area contributed by atoms with Crippen molar-refractivity contribution in [3.05, 3.63) is 30.6 Å². The molecule has 6 nitrogen and oxygen atoms in total. The van der Waals surface area contributed by atoms with Gasteiger partial charge in [0.2, 0.25) is 5.91 Å². The summed E-state index contributed by atoms with van der Waals surface area (Å²) in [6.07, 6.45) is 7.43. The average Bonchev–Trinajstić information content (AvgIpc) is 3.07. The Hall–Kier alpha value is -2.08. The van der Waals surface area contributed by atoms with Crippen LogP contribution in [-0.4, -0.2) is 38.1 Å². The Morgan fingerprint density at radius 3 is 2.93 bits per heavy atom. The summed E-state index contributed by atoms with van der Waals surface area (Å²) < 4.78 is 1.84. The molecule has 1 amide bonds. The Labute approximate surface area is 164 Å². The van der Waals surface area contributed by atoms with Crippen molar-refractivity contribution in [3.8, 4) is 11.3 Å². The first-order valence-electron chi connectivity index (χ1n) is 9.66. The second kappa shape index (κ2) is 7.50. The topological polar surface area (TPSA) is 71.8 Å². The molecule has 1 aliphatic carbocycles. The van der Waals surface area contributed by atoms with Crippen LogP contribution >= 0.6 is 11.6 Å². The van der Waals surface area contributed by atoms with Crippen LogP contribution in [0.1, 0.15) is 32.6 Å². The van der Waals surface area contributed by atoms with Crippen molar-refractivity contribution in [1.29, 1.82) is 0 Å². The fraction of sp³-hybridized carbons (Fsp3) is 0.550. The Bertz CT molecular complexity index is 822. The largest absolute Gasteiger partial charge is 0.367 e. The van der Waals surface area contributed by atoms with E-state index in [1.165, 1.54) is 0 Å². The highest BCUT2D eigenvalue weighted by atomic mass is 35.5. The average molecular weight is 388 g/mol. The van der Waals surface area contributed by atoms with E-state index >= 15 is 0 Å². The summed E-state index contributed by atoms with van der Waals surface area (Å²) in [5, 5.41) is 11.1. The lowest BCUT2D eigenvalue weighted by atomic mass is 9.74. The molecule has 4 unspecified atom stereocenters. The molecule has 5 atom stereocenters. The third kappa shape index (κ3) is 3.81. The number of nitrogens with one attached hydrogen (secondary N) is 2. The van der Waals surface area contributed by atoms with Gasteiger partial charge in [-0.1, -0.05) is 0 Å². The van der Waals surface area contributed by atoms with Gasteiger partial charge in [-0.25, -0.2) is 4.98 Å². The standard InChI is InChI=1S/C20H26ClN5O/c1-12(16-10-14-9-15(21)3-4-17(14)25-20(16)27)24-19-11-13(5-7-22-19)18-6-8-23-26(18)2/h5-8,11-12,14-17H,3-4,9-10H2,1-2H3,(H,22,24)(H,25,27)/t12-,14?,15?,16?,17?/m0/s1. The summed E-state index contributed by atoms with van der Waals surface area (Å²) in [5.74, 6) is 1.32. The number of hydrogen-bond donors (Lipinski definition) is 2. The number of carbonyl (C=O) groups excluding carboxylic acids is 1. The Morgan fingerprint density at radius 2 is 2.15 bits per heavy atom. The molecular weight excluding hydrogens is 362 g/mol. The van der Waals surface area contributed by atoms with Crippen LogP contribution in [0, 0.1) is 11.8 Å². The highest BCUT2D eigenvalue weighted by Crippen LogP contribution is 2.37. The van der Waals surface area contributed by atoms with Gasteiger partial charge in [-0.3, -0.25) is 9.48 Å². The summed E-state index contributed by atoms with van der Waals surface area (Å²) >= 11 is 6.36. The van der Waals surface area contributed by atoms with E-state index < -0.39 is 0 Å². The first-order chi connectivity index (χ1) is 13.0. The number of rotatable bonds is 4. The number of piperidine rings is 1. The molecule has 0 aromatic carbocycles. The molecule has 2 aromatic rings. The minimum atomic E-state index is -0.0737. The second-order valence-electron chi connectivity index (χ2n) is 7.83. The van der Waals surface area contributed by atoms with Gasteiger partial charge in [0.1, 0.15) is 5.82 Å². The van der Waals surface area contributed by atoms with Crippen molar-refractivity contribution in [2.45, 2.75) is 50.1 Å². The molecule has 2 N–H and O–H groups in total. The van der Waals surface area contributed by atoms with Crippen molar-refractivity contribution >= 4 is 23.3 Å². The summed E-state index contributed by atoms with van der Waals surface area (Å²) in [5.41, 5.74) is 2.08. The number of anilines is 1. The van der Waals surface area contributed by atoms with Crippen molar-refractivity contribution in [2.24, 2.45) is 18.9 Å². The molecule has 2 aliphatic rings. The normalized spacial score (nSPS) is 28.9. The number of halogens is 1. The molecule has 0 spiro atoms. The van der Waals surface area contributed by atoms with E-state index in [9.17, 15) is 4.79 Å². The van der Waals surface area contributed by atoms with E-state index in [1.54, 1.807) is 12.4 Å². The SMILES string of the molecule is C[C@H](Nc1cc(-c2ccnn2C)ccn1)C1CC2CC(Cl)CCC2NC1=O. The van der Waals surface area contributed by atoms with Crippen LogP contribution in [0.2, 0.25) is 0 Å². The van der Waals surface area contributed by atoms with Crippen molar-refractivity contribution in [2.75, 3.05) is 5.32 Å². The van der Waals surface area contributed by atoms with Gasteiger partial charge in [0.25, 0.3) is 0 Å². The van der Waals surface area contributed by atoms with Gasteiger partial charge in [-0.05, 0) is 56.7 Å². The fourth-order valence-corrected chi connectivity index (χ4v) is 4.83. The molecule has 7 heteroatoms. The van der Waals surface area contributed by atoms with Crippen molar-refractivity contribution in [3.63, 3.8) is 0 Å². The van der Waals surface area contributed by atoms with Crippen LogP contribution < -0.4 is 10.6 Å². The van der Waals surface area contributed by atoms with Gasteiger partial charge in [0.05, 0.1) is 11.6 Å².